The van der Waals surface area contributed by atoms with Crippen LogP contribution in [0.15, 0.2) is 41.5 Å². The topological polar surface area (TPSA) is 73.2 Å². The maximum atomic E-state index is 11.7. The third-order valence-corrected chi connectivity index (χ3v) is 2.73. The maximum Gasteiger partial charge on any atom is 0.332 e. The van der Waals surface area contributed by atoms with Crippen molar-refractivity contribution in [1.82, 2.24) is 9.13 Å². The highest BCUT2D eigenvalue weighted by atomic mass is 16.3. The fraction of sp³-hybridized carbons (Fsp3) is 0.250. The number of nitrogens with two attached hydrogens (primary N) is 1. The number of rotatable bonds is 3. The van der Waals surface area contributed by atoms with Crippen LogP contribution in [0.2, 0.25) is 0 Å². The lowest BCUT2D eigenvalue weighted by Gasteiger charge is -2.08. The van der Waals surface area contributed by atoms with E-state index in [9.17, 15) is 9.90 Å². The molecule has 1 aromatic heterocycles. The Labute approximate surface area is 98.7 Å². The van der Waals surface area contributed by atoms with Crippen LogP contribution in [0.1, 0.15) is 11.7 Å². The molecule has 3 N–H and O–H groups in total. The average Bonchev–Trinajstić information content (AvgIpc) is 2.69. The van der Waals surface area contributed by atoms with Gasteiger partial charge in [-0.1, -0.05) is 12.1 Å². The van der Waals surface area contributed by atoms with E-state index in [0.717, 1.165) is 11.3 Å². The number of imidazole rings is 1. The highest BCUT2D eigenvalue weighted by Crippen LogP contribution is 2.14. The van der Waals surface area contributed by atoms with Gasteiger partial charge in [-0.3, -0.25) is 4.57 Å². The predicted molar refractivity (Wildman–Crippen MR) is 65.0 cm³/mol. The number of hydrogen-bond donors (Lipinski definition) is 2. The summed E-state index contributed by atoms with van der Waals surface area (Å²) in [6.45, 7) is 0.185. The Kier molecular flexibility index (Phi) is 3.12. The second kappa shape index (κ2) is 4.57. The second-order valence-electron chi connectivity index (χ2n) is 3.90. The minimum absolute atomic E-state index is 0.0999. The first-order valence-corrected chi connectivity index (χ1v) is 5.36. The number of aromatic nitrogens is 2. The molecule has 0 amide bonds. The summed E-state index contributed by atoms with van der Waals surface area (Å²) in [6, 6.07) is 7.11. The minimum atomic E-state index is -0.656. The summed E-state index contributed by atoms with van der Waals surface area (Å²) in [5.74, 6) is 0. The van der Waals surface area contributed by atoms with E-state index < -0.39 is 6.10 Å². The summed E-state index contributed by atoms with van der Waals surface area (Å²) < 4.78 is 3.04. The number of benzene rings is 1. The van der Waals surface area contributed by atoms with Crippen LogP contribution >= 0.6 is 0 Å². The van der Waals surface area contributed by atoms with E-state index in [2.05, 4.69) is 0 Å². The molecule has 90 valence electrons. The van der Waals surface area contributed by atoms with Gasteiger partial charge in [-0.15, -0.1) is 0 Å². The third-order valence-electron chi connectivity index (χ3n) is 2.73. The zero-order valence-electron chi connectivity index (χ0n) is 9.58. The summed E-state index contributed by atoms with van der Waals surface area (Å²) in [5.41, 5.74) is 6.79. The predicted octanol–water partition coefficient (Wildman–Crippen LogP) is 0.168. The van der Waals surface area contributed by atoms with Crippen LogP contribution in [-0.4, -0.2) is 20.8 Å². The van der Waals surface area contributed by atoms with E-state index in [1.165, 1.54) is 4.57 Å². The van der Waals surface area contributed by atoms with E-state index in [1.807, 2.05) is 0 Å². The molecule has 0 saturated heterocycles. The Morgan fingerprint density at radius 2 is 1.94 bits per heavy atom. The van der Waals surface area contributed by atoms with Crippen molar-refractivity contribution in [2.75, 3.05) is 6.54 Å². The van der Waals surface area contributed by atoms with Crippen LogP contribution < -0.4 is 11.4 Å². The summed E-state index contributed by atoms with van der Waals surface area (Å²) in [6.07, 6.45) is 2.75. The van der Waals surface area contributed by atoms with Crippen LogP contribution in [0.25, 0.3) is 5.69 Å². The van der Waals surface area contributed by atoms with Crippen molar-refractivity contribution in [3.63, 3.8) is 0 Å². The monoisotopic (exact) mass is 233 g/mol. The van der Waals surface area contributed by atoms with E-state index in [0.29, 0.717) is 0 Å². The summed E-state index contributed by atoms with van der Waals surface area (Å²) in [4.78, 5) is 11.7. The molecule has 5 nitrogen and oxygen atoms in total. The van der Waals surface area contributed by atoms with Crippen molar-refractivity contribution in [2.45, 2.75) is 6.10 Å². The first kappa shape index (κ1) is 11.6. The number of aliphatic hydroxyl groups is 1. The van der Waals surface area contributed by atoms with Crippen molar-refractivity contribution in [3.05, 3.63) is 52.7 Å². The van der Waals surface area contributed by atoms with Crippen molar-refractivity contribution in [1.29, 1.82) is 0 Å². The van der Waals surface area contributed by atoms with Crippen molar-refractivity contribution in [3.8, 4) is 5.69 Å². The van der Waals surface area contributed by atoms with Gasteiger partial charge in [0, 0.05) is 26.0 Å². The zero-order chi connectivity index (χ0) is 12.4. The van der Waals surface area contributed by atoms with Gasteiger partial charge in [0.2, 0.25) is 0 Å². The van der Waals surface area contributed by atoms with Gasteiger partial charge < -0.3 is 15.4 Å². The highest BCUT2D eigenvalue weighted by molar-refractivity contribution is 5.35. The molecule has 0 spiro atoms. The first-order valence-electron chi connectivity index (χ1n) is 5.36. The van der Waals surface area contributed by atoms with Crippen molar-refractivity contribution < 1.29 is 5.11 Å². The lowest BCUT2D eigenvalue weighted by Crippen LogP contribution is -2.20. The summed E-state index contributed by atoms with van der Waals surface area (Å²) >= 11 is 0. The molecule has 1 atom stereocenters. The molecule has 1 unspecified atom stereocenters. The number of hydrogen-bond acceptors (Lipinski definition) is 3. The van der Waals surface area contributed by atoms with Gasteiger partial charge in [0.25, 0.3) is 0 Å². The molecule has 2 rings (SSSR count). The van der Waals surface area contributed by atoms with Gasteiger partial charge in [0.15, 0.2) is 0 Å². The number of aryl methyl sites for hydroxylation is 1. The maximum absolute atomic E-state index is 11.7. The molecule has 0 fully saturated rings. The number of aliphatic hydroxyl groups excluding tert-OH is 1. The van der Waals surface area contributed by atoms with Gasteiger partial charge in [0.05, 0.1) is 11.8 Å². The lowest BCUT2D eigenvalue weighted by molar-refractivity contribution is 0.187. The lowest BCUT2D eigenvalue weighted by atomic mass is 10.1. The van der Waals surface area contributed by atoms with Crippen molar-refractivity contribution >= 4 is 0 Å². The average molecular weight is 233 g/mol. The Morgan fingerprint density at radius 3 is 2.41 bits per heavy atom. The smallest absolute Gasteiger partial charge is 0.332 e. The minimum Gasteiger partial charge on any atom is -0.387 e. The standard InChI is InChI=1S/C12H15N3O2/c1-14-6-7-15(12(14)17)10-4-2-9(3-5-10)11(16)8-13/h2-7,11,16H,8,13H2,1H3. The van der Waals surface area contributed by atoms with Crippen LogP contribution in [0.5, 0.6) is 0 Å². The SMILES string of the molecule is Cn1ccn(-c2ccc(C(O)CN)cc2)c1=O. The summed E-state index contributed by atoms with van der Waals surface area (Å²) in [7, 11) is 1.70. The van der Waals surface area contributed by atoms with Gasteiger partial charge in [-0.05, 0) is 17.7 Å². The van der Waals surface area contributed by atoms with Crippen LogP contribution in [0.4, 0.5) is 0 Å². The van der Waals surface area contributed by atoms with Crippen molar-refractivity contribution in [2.24, 2.45) is 12.8 Å². The van der Waals surface area contributed by atoms with Crippen LogP contribution in [-0.2, 0) is 7.05 Å². The largest absolute Gasteiger partial charge is 0.387 e. The molecule has 0 aliphatic heterocycles. The molecule has 1 heterocycles. The molecular formula is C12H15N3O2. The first-order chi connectivity index (χ1) is 8.13. The Morgan fingerprint density at radius 1 is 1.29 bits per heavy atom. The molecule has 0 radical (unpaired) electrons. The normalized spacial score (nSPS) is 12.6. The quantitative estimate of drug-likeness (QED) is 0.793. The van der Waals surface area contributed by atoms with E-state index >= 15 is 0 Å². The fourth-order valence-electron chi connectivity index (χ4n) is 1.65. The third kappa shape index (κ3) is 2.15. The van der Waals surface area contributed by atoms with E-state index in [4.69, 9.17) is 5.73 Å². The van der Waals surface area contributed by atoms with Gasteiger partial charge in [-0.2, -0.15) is 0 Å². The van der Waals surface area contributed by atoms with Gasteiger partial charge >= 0.3 is 5.69 Å². The molecule has 17 heavy (non-hydrogen) atoms. The fourth-order valence-corrected chi connectivity index (χ4v) is 1.65. The molecule has 0 saturated carbocycles. The van der Waals surface area contributed by atoms with Crippen LogP contribution in [0, 0.1) is 0 Å². The molecule has 0 bridgehead atoms. The Hall–Kier alpha value is -1.85. The zero-order valence-corrected chi connectivity index (χ0v) is 9.58. The molecular weight excluding hydrogens is 218 g/mol. The molecule has 2 aromatic rings. The summed E-state index contributed by atoms with van der Waals surface area (Å²) in [5, 5.41) is 9.55. The Balaban J connectivity index is 2.36. The molecule has 0 aliphatic carbocycles. The molecule has 0 aliphatic rings. The Bertz CT molecular complexity index is 554. The van der Waals surface area contributed by atoms with Gasteiger partial charge in [-0.25, -0.2) is 4.79 Å². The van der Waals surface area contributed by atoms with Crippen LogP contribution in [0.3, 0.4) is 0 Å². The van der Waals surface area contributed by atoms with Gasteiger partial charge in [0.1, 0.15) is 0 Å². The van der Waals surface area contributed by atoms with E-state index in [-0.39, 0.29) is 12.2 Å². The second-order valence-corrected chi connectivity index (χ2v) is 3.90. The molecule has 1 aromatic carbocycles. The highest BCUT2D eigenvalue weighted by Gasteiger charge is 2.06. The molecule has 5 heteroatoms. The number of nitrogens with zero attached hydrogens (tertiary/aromatic N) is 2. The van der Waals surface area contributed by atoms with E-state index in [1.54, 1.807) is 48.3 Å².